The predicted molar refractivity (Wildman–Crippen MR) is 260 cm³/mol. The van der Waals surface area contributed by atoms with Gasteiger partial charge in [0.05, 0.1) is 39.8 Å². The summed E-state index contributed by atoms with van der Waals surface area (Å²) in [5.74, 6) is 0.520. The van der Waals surface area contributed by atoms with Crippen LogP contribution in [0.5, 0.6) is 5.88 Å². The molecule has 2 aliphatic heterocycles. The molecular weight excluding hydrogens is 917 g/mol. The van der Waals surface area contributed by atoms with Gasteiger partial charge in [0.25, 0.3) is 5.88 Å². The van der Waals surface area contributed by atoms with Crippen LogP contribution in [0.4, 0.5) is 10.9 Å². The van der Waals surface area contributed by atoms with Crippen LogP contribution in [0.1, 0.15) is 105 Å². The van der Waals surface area contributed by atoms with Crippen LogP contribution in [0.25, 0.3) is 22.0 Å². The quantitative estimate of drug-likeness (QED) is 0.0932. The highest BCUT2D eigenvalue weighted by atomic mass is 32.1. The summed E-state index contributed by atoms with van der Waals surface area (Å²) in [5, 5.41) is 32.6. The van der Waals surface area contributed by atoms with Crippen LogP contribution < -0.4 is 20.7 Å². The second-order valence-corrected chi connectivity index (χ2v) is 20.9. The maximum atomic E-state index is 14.2. The smallest absolute Gasteiger partial charge is 0.254 e. The molecule has 5 atom stereocenters. The summed E-state index contributed by atoms with van der Waals surface area (Å²) >= 11 is 3.06. The number of carbonyl (C=O) groups excluding carboxylic acids is 2. The minimum Gasteiger partial charge on any atom is -0.475 e. The fraction of sp³-hybridized carbons (Fsp3) is 0.490. The van der Waals surface area contributed by atoms with E-state index in [2.05, 4.69) is 48.4 Å². The van der Waals surface area contributed by atoms with Crippen molar-refractivity contribution in [2.24, 2.45) is 5.92 Å². The number of hydrogen-bond acceptors (Lipinski definition) is 18. The number of anilines is 2. The molecule has 6 aromatic rings. The topological polar surface area (TPSA) is 239 Å². The second-order valence-electron chi connectivity index (χ2n) is 18.9. The Morgan fingerprint density at radius 1 is 1.10 bits per heavy atom. The molecule has 1 aliphatic carbocycles. The molecule has 2 fully saturated rings. The number of β-amino-alcohol motifs (C(OH)–C–C–N with tert-alkyl or cyclic N) is 1. The van der Waals surface area contributed by atoms with Gasteiger partial charge in [0.2, 0.25) is 29.5 Å². The molecule has 0 radical (unpaired) electrons. The molecule has 3 aliphatic rings. The number of nitrogen functional groups attached to an aromatic ring is 1. The Balaban J connectivity index is 0.763. The van der Waals surface area contributed by atoms with Crippen molar-refractivity contribution >= 4 is 45.4 Å². The fourth-order valence-corrected chi connectivity index (χ4v) is 12.1. The van der Waals surface area contributed by atoms with Gasteiger partial charge in [-0.15, -0.1) is 22.7 Å². The largest absolute Gasteiger partial charge is 0.475 e. The lowest BCUT2D eigenvalue weighted by Crippen LogP contribution is -2.48. The van der Waals surface area contributed by atoms with Gasteiger partial charge < -0.3 is 44.6 Å². The third kappa shape index (κ3) is 9.96. The van der Waals surface area contributed by atoms with E-state index in [1.54, 1.807) is 29.7 Å². The van der Waals surface area contributed by atoms with Crippen molar-refractivity contribution in [3.63, 3.8) is 0 Å². The molecule has 69 heavy (non-hydrogen) atoms. The number of nitrogens with two attached hydrogens (primary N) is 1. The van der Waals surface area contributed by atoms with E-state index in [0.29, 0.717) is 46.3 Å². The number of thiazole rings is 1. The van der Waals surface area contributed by atoms with E-state index in [1.165, 1.54) is 16.2 Å². The molecule has 18 nitrogen and oxygen atoms in total. The highest BCUT2D eigenvalue weighted by Crippen LogP contribution is 2.48. The Labute approximate surface area is 408 Å². The molecule has 2 saturated heterocycles. The standard InChI is InChI=1S/C49H58N12O6S2/c1-28(2)40(46(64)61-26-33(62)21-36(61)45(63)53-24-31-10-12-32(13-11-31)42-30(4)54-27-68-42)37-22-39(57-66-37)65-20-8-18-59-17-7-19-60(29(3)25-59)48-52-16-14-35(55-48)44-56-47(67-58-44)49(5)15-6-9-38-41(49)34(23-50)43(51)69-38/h10-14,16,22,27-29,33,36,40,62H,6-9,15,17-21,24-26,51H2,1-5H3,(H,53,63)/t29-,33+,36-,40+,49-/m0/s1. The zero-order valence-corrected chi connectivity index (χ0v) is 41.2. The fourth-order valence-electron chi connectivity index (χ4n) is 10.1. The number of nitriles is 1. The van der Waals surface area contributed by atoms with Gasteiger partial charge >= 0.3 is 0 Å². The van der Waals surface area contributed by atoms with Crippen molar-refractivity contribution in [3.8, 4) is 33.9 Å². The molecule has 0 unspecified atom stereocenters. The molecule has 0 spiro atoms. The van der Waals surface area contributed by atoms with Crippen LogP contribution in [-0.4, -0.2) is 114 Å². The Hall–Kier alpha value is -6.27. The number of rotatable bonds is 15. The van der Waals surface area contributed by atoms with Gasteiger partial charge in [0.1, 0.15) is 28.7 Å². The summed E-state index contributed by atoms with van der Waals surface area (Å²) in [6, 6.07) is 13.0. The van der Waals surface area contributed by atoms with Crippen molar-refractivity contribution in [3.05, 3.63) is 87.0 Å². The monoisotopic (exact) mass is 974 g/mol. The first-order valence-corrected chi connectivity index (χ1v) is 25.3. The van der Waals surface area contributed by atoms with E-state index in [1.807, 2.05) is 57.5 Å². The number of carbonyl (C=O) groups is 2. The number of aliphatic hydroxyl groups is 1. The van der Waals surface area contributed by atoms with Gasteiger partial charge in [-0.1, -0.05) is 43.3 Å². The average Bonchev–Trinajstić information content (AvgIpc) is 4.19. The number of amides is 2. The number of nitrogens with zero attached hydrogens (tertiary/aromatic N) is 10. The molecule has 5 aromatic heterocycles. The van der Waals surface area contributed by atoms with E-state index >= 15 is 0 Å². The second kappa shape index (κ2) is 20.4. The molecule has 0 bridgehead atoms. The van der Waals surface area contributed by atoms with E-state index < -0.39 is 23.5 Å². The summed E-state index contributed by atoms with van der Waals surface area (Å²) in [6.45, 7) is 14.0. The van der Waals surface area contributed by atoms with E-state index in [0.717, 1.165) is 90.4 Å². The number of thiophene rings is 1. The molecule has 7 heterocycles. The van der Waals surface area contributed by atoms with Crippen molar-refractivity contribution in [2.75, 3.05) is 50.0 Å². The first kappa shape index (κ1) is 47.8. The molecule has 9 rings (SSSR count). The van der Waals surface area contributed by atoms with Crippen LogP contribution in [-0.2, 0) is 28.0 Å². The Morgan fingerprint density at radius 3 is 2.70 bits per heavy atom. The Morgan fingerprint density at radius 2 is 1.93 bits per heavy atom. The van der Waals surface area contributed by atoms with E-state index in [4.69, 9.17) is 29.5 Å². The third-order valence-electron chi connectivity index (χ3n) is 13.6. The Bertz CT molecular complexity index is 2820. The molecule has 0 saturated carbocycles. The zero-order chi connectivity index (χ0) is 48.4. The zero-order valence-electron chi connectivity index (χ0n) is 39.6. The lowest BCUT2D eigenvalue weighted by molar-refractivity contribution is -0.141. The lowest BCUT2D eigenvalue weighted by Gasteiger charge is -2.30. The van der Waals surface area contributed by atoms with Crippen LogP contribution in [0.3, 0.4) is 0 Å². The van der Waals surface area contributed by atoms with Gasteiger partial charge in [0.15, 0.2) is 5.76 Å². The number of aromatic nitrogens is 6. The van der Waals surface area contributed by atoms with E-state index in [9.17, 15) is 20.0 Å². The minimum absolute atomic E-state index is 0.0493. The summed E-state index contributed by atoms with van der Waals surface area (Å²) in [7, 11) is 0. The lowest BCUT2D eigenvalue weighted by atomic mass is 9.72. The number of fused-ring (bicyclic) bond motifs is 1. The van der Waals surface area contributed by atoms with Gasteiger partial charge in [0, 0.05) is 67.9 Å². The van der Waals surface area contributed by atoms with Crippen molar-refractivity contribution < 1.29 is 28.5 Å². The summed E-state index contributed by atoms with van der Waals surface area (Å²) < 4.78 is 17.7. The number of likely N-dealkylation sites (tertiary alicyclic amines) is 1. The van der Waals surface area contributed by atoms with E-state index in [-0.39, 0.29) is 49.2 Å². The molecular formula is C49H58N12O6S2. The molecule has 1 aromatic carbocycles. The van der Waals surface area contributed by atoms with Crippen LogP contribution in [0, 0.1) is 24.2 Å². The Kier molecular flexibility index (Phi) is 14.1. The average molecular weight is 975 g/mol. The number of hydrogen-bond donors (Lipinski definition) is 3. The highest BCUT2D eigenvalue weighted by Gasteiger charge is 2.45. The first-order chi connectivity index (χ1) is 33.3. The molecule has 4 N–H and O–H groups in total. The van der Waals surface area contributed by atoms with Gasteiger partial charge in [-0.3, -0.25) is 9.59 Å². The number of aliphatic hydroxyl groups excluding tert-OH is 1. The molecule has 362 valence electrons. The maximum absolute atomic E-state index is 14.2. The number of ether oxygens (including phenoxy) is 1. The maximum Gasteiger partial charge on any atom is 0.254 e. The highest BCUT2D eigenvalue weighted by molar-refractivity contribution is 7.16. The van der Waals surface area contributed by atoms with Gasteiger partial charge in [-0.25, -0.2) is 15.0 Å². The van der Waals surface area contributed by atoms with Crippen molar-refractivity contribution in [2.45, 2.75) is 109 Å². The van der Waals surface area contributed by atoms with Crippen LogP contribution in [0.2, 0.25) is 0 Å². The number of benzene rings is 1. The van der Waals surface area contributed by atoms with Crippen molar-refractivity contribution in [1.82, 2.24) is 45.4 Å². The van der Waals surface area contributed by atoms with Gasteiger partial charge in [-0.2, -0.15) is 10.2 Å². The van der Waals surface area contributed by atoms with Gasteiger partial charge in [-0.05, 0) is 87.7 Å². The first-order valence-electron chi connectivity index (χ1n) is 23.6. The predicted octanol–water partition coefficient (Wildman–Crippen LogP) is 6.49. The van der Waals surface area contributed by atoms with Crippen LogP contribution in [0.15, 0.2) is 57.2 Å². The normalized spacial score (nSPS) is 21.2. The number of aryl methyl sites for hydroxylation is 2. The molecule has 20 heteroatoms. The summed E-state index contributed by atoms with van der Waals surface area (Å²) in [5.41, 5.74) is 12.4. The number of nitrogens with one attached hydrogen (secondary N) is 1. The van der Waals surface area contributed by atoms with Crippen molar-refractivity contribution in [1.29, 1.82) is 5.26 Å². The minimum atomic E-state index is -0.825. The SMILES string of the molecule is Cc1ncsc1-c1ccc(CNC(=O)[C@@H]2C[C@@H](O)CN2C(=O)[C@@H](c2cc(OCCCN3CCCN(c4nccc(-c5noc([C@@]6(C)CCCc7sc(N)c(C#N)c76)n5)n4)[C@@H](C)C3)no2)C(C)C)cc1. The third-order valence-corrected chi connectivity index (χ3v) is 15.7. The summed E-state index contributed by atoms with van der Waals surface area (Å²) in [6.07, 6.45) is 5.26. The van der Waals surface area contributed by atoms with Crippen LogP contribution >= 0.6 is 22.7 Å². The molecule has 2 amide bonds. The summed E-state index contributed by atoms with van der Waals surface area (Å²) in [4.78, 5) is 54.8.